The number of allylic oxidation sites excluding steroid dienone is 3. The van der Waals surface area contributed by atoms with Crippen molar-refractivity contribution >= 4 is 11.6 Å². The third kappa shape index (κ3) is 3.12. The van der Waals surface area contributed by atoms with Gasteiger partial charge in [-0.25, -0.2) is 0 Å². The van der Waals surface area contributed by atoms with E-state index in [2.05, 4.69) is 36.3 Å². The summed E-state index contributed by atoms with van der Waals surface area (Å²) >= 11 is 6.58. The fourth-order valence-corrected chi connectivity index (χ4v) is 2.80. The fraction of sp³-hybridized carbons (Fsp3) is 0.222. The van der Waals surface area contributed by atoms with E-state index in [1.54, 1.807) is 6.08 Å². The average molecular weight is 301 g/mol. The molecule has 0 radical (unpaired) electrons. The first-order valence-electron chi connectivity index (χ1n) is 6.91. The van der Waals surface area contributed by atoms with Gasteiger partial charge in [-0.15, -0.1) is 0 Å². The van der Waals surface area contributed by atoms with Crippen LogP contribution in [-0.2, 0) is 0 Å². The monoisotopic (exact) mass is 300 g/mol. The second-order valence-corrected chi connectivity index (χ2v) is 5.45. The van der Waals surface area contributed by atoms with Crippen LogP contribution in [0.2, 0.25) is 0 Å². The maximum Gasteiger partial charge on any atom is 0.160 e. The fourth-order valence-electron chi connectivity index (χ4n) is 2.57. The molecule has 3 heteroatoms. The zero-order chi connectivity index (χ0) is 15.4. The Balaban J connectivity index is 2.50. The highest BCUT2D eigenvalue weighted by atomic mass is 35.5. The van der Waals surface area contributed by atoms with E-state index in [0.717, 1.165) is 11.3 Å². The standard InChI is InChI=1S/C18H21ClN2/c1-5-10-14(6-2)16-13-17(15-11-8-7-9-12-15)21(4)18(19)20(16)3/h5-13,17-18H,1-2H2,3-4H3/b14-10+. The molecular weight excluding hydrogens is 280 g/mol. The molecule has 1 heterocycles. The van der Waals surface area contributed by atoms with Gasteiger partial charge >= 0.3 is 0 Å². The number of nitrogens with zero attached hydrogens (tertiary/aromatic N) is 2. The van der Waals surface area contributed by atoms with E-state index < -0.39 is 0 Å². The van der Waals surface area contributed by atoms with Crippen LogP contribution in [0.5, 0.6) is 0 Å². The molecule has 1 aromatic carbocycles. The number of rotatable bonds is 4. The first-order valence-corrected chi connectivity index (χ1v) is 7.35. The molecule has 0 fully saturated rings. The molecule has 0 aliphatic carbocycles. The molecule has 110 valence electrons. The van der Waals surface area contributed by atoms with Gasteiger partial charge in [-0.3, -0.25) is 4.90 Å². The summed E-state index contributed by atoms with van der Waals surface area (Å²) in [5, 5.41) is 0. The third-order valence-corrected chi connectivity index (χ3v) is 4.34. The number of alkyl halides is 1. The van der Waals surface area contributed by atoms with E-state index in [1.807, 2.05) is 49.3 Å². The Hall–Kier alpha value is -1.77. The van der Waals surface area contributed by atoms with Gasteiger partial charge in [0, 0.05) is 12.7 Å². The van der Waals surface area contributed by atoms with Crippen molar-refractivity contribution in [1.82, 2.24) is 9.80 Å². The summed E-state index contributed by atoms with van der Waals surface area (Å²) in [4.78, 5) is 4.17. The molecule has 2 atom stereocenters. The van der Waals surface area contributed by atoms with Crippen molar-refractivity contribution in [3.63, 3.8) is 0 Å². The van der Waals surface area contributed by atoms with Gasteiger partial charge in [0.05, 0.1) is 6.04 Å². The topological polar surface area (TPSA) is 6.48 Å². The van der Waals surface area contributed by atoms with Crippen molar-refractivity contribution in [3.8, 4) is 0 Å². The zero-order valence-corrected chi connectivity index (χ0v) is 13.3. The van der Waals surface area contributed by atoms with Crippen molar-refractivity contribution in [2.24, 2.45) is 0 Å². The van der Waals surface area contributed by atoms with Crippen LogP contribution >= 0.6 is 11.6 Å². The van der Waals surface area contributed by atoms with Crippen molar-refractivity contribution in [2.45, 2.75) is 11.7 Å². The molecular formula is C18H21ClN2. The van der Waals surface area contributed by atoms with Crippen molar-refractivity contribution < 1.29 is 0 Å². The van der Waals surface area contributed by atoms with Crippen LogP contribution in [0.1, 0.15) is 11.6 Å². The predicted octanol–water partition coefficient (Wildman–Crippen LogP) is 4.31. The highest BCUT2D eigenvalue weighted by Crippen LogP contribution is 2.35. The Morgan fingerprint density at radius 3 is 2.43 bits per heavy atom. The molecule has 1 aliphatic rings. The van der Waals surface area contributed by atoms with E-state index >= 15 is 0 Å². The summed E-state index contributed by atoms with van der Waals surface area (Å²) in [5.41, 5.74) is 3.09. The molecule has 1 aromatic rings. The van der Waals surface area contributed by atoms with Crippen LogP contribution in [-0.4, -0.2) is 29.5 Å². The van der Waals surface area contributed by atoms with Crippen LogP contribution in [0, 0.1) is 0 Å². The van der Waals surface area contributed by atoms with Gasteiger partial charge in [0.25, 0.3) is 0 Å². The van der Waals surface area contributed by atoms with Crippen LogP contribution in [0.25, 0.3) is 0 Å². The molecule has 2 rings (SSSR count). The minimum Gasteiger partial charge on any atom is -0.346 e. The van der Waals surface area contributed by atoms with E-state index in [9.17, 15) is 0 Å². The summed E-state index contributed by atoms with van der Waals surface area (Å²) in [5.74, 6) is 0. The lowest BCUT2D eigenvalue weighted by atomic mass is 9.99. The number of halogens is 1. The summed E-state index contributed by atoms with van der Waals surface area (Å²) < 4.78 is 0. The van der Waals surface area contributed by atoms with Gasteiger partial charge in [0.2, 0.25) is 0 Å². The SMILES string of the molecule is C=C/C=C(\C=C)C1=CC(c2ccccc2)N(C)C(Cl)N1C. The van der Waals surface area contributed by atoms with Crippen LogP contribution < -0.4 is 0 Å². The molecule has 0 amide bonds. The van der Waals surface area contributed by atoms with E-state index in [0.29, 0.717) is 0 Å². The molecule has 21 heavy (non-hydrogen) atoms. The molecule has 0 aromatic heterocycles. The maximum atomic E-state index is 6.58. The molecule has 0 saturated heterocycles. The Morgan fingerprint density at radius 1 is 1.19 bits per heavy atom. The average Bonchev–Trinajstić information content (AvgIpc) is 2.52. The van der Waals surface area contributed by atoms with Gasteiger partial charge in [0.15, 0.2) is 5.62 Å². The first-order chi connectivity index (χ1) is 10.1. The first kappa shape index (κ1) is 15.6. The number of benzene rings is 1. The lowest BCUT2D eigenvalue weighted by Crippen LogP contribution is -2.45. The number of hydrogen-bond donors (Lipinski definition) is 0. The summed E-state index contributed by atoms with van der Waals surface area (Å²) in [6.07, 6.45) is 7.77. The van der Waals surface area contributed by atoms with Crippen molar-refractivity contribution in [1.29, 1.82) is 0 Å². The van der Waals surface area contributed by atoms with Crippen LogP contribution in [0.15, 0.2) is 79.1 Å². The second-order valence-electron chi connectivity index (χ2n) is 5.06. The molecule has 0 saturated carbocycles. The zero-order valence-electron chi connectivity index (χ0n) is 12.5. The summed E-state index contributed by atoms with van der Waals surface area (Å²) in [6, 6.07) is 10.5. The van der Waals surface area contributed by atoms with Gasteiger partial charge in [-0.05, 0) is 24.3 Å². The number of hydrogen-bond acceptors (Lipinski definition) is 2. The van der Waals surface area contributed by atoms with Gasteiger partial charge in [0.1, 0.15) is 0 Å². The smallest absolute Gasteiger partial charge is 0.160 e. The molecule has 1 aliphatic heterocycles. The van der Waals surface area contributed by atoms with Crippen LogP contribution in [0.3, 0.4) is 0 Å². The highest BCUT2D eigenvalue weighted by Gasteiger charge is 2.31. The molecule has 0 bridgehead atoms. The molecule has 2 nitrogen and oxygen atoms in total. The van der Waals surface area contributed by atoms with E-state index in [1.165, 1.54) is 5.56 Å². The Morgan fingerprint density at radius 2 is 1.86 bits per heavy atom. The molecule has 2 unspecified atom stereocenters. The minimum atomic E-state index is -0.219. The van der Waals surface area contributed by atoms with E-state index in [4.69, 9.17) is 11.6 Å². The van der Waals surface area contributed by atoms with Crippen molar-refractivity contribution in [2.75, 3.05) is 14.1 Å². The summed E-state index contributed by atoms with van der Waals surface area (Å²) in [7, 11) is 4.02. The number of likely N-dealkylation sites (N-methyl/N-ethyl adjacent to an activating group) is 2. The normalized spacial score (nSPS) is 23.7. The predicted molar refractivity (Wildman–Crippen MR) is 90.9 cm³/mol. The van der Waals surface area contributed by atoms with Gasteiger partial charge in [-0.2, -0.15) is 0 Å². The second kappa shape index (κ2) is 6.79. The maximum absolute atomic E-state index is 6.58. The molecule has 0 spiro atoms. The van der Waals surface area contributed by atoms with Crippen LogP contribution in [0.4, 0.5) is 0 Å². The van der Waals surface area contributed by atoms with E-state index in [-0.39, 0.29) is 11.7 Å². The largest absolute Gasteiger partial charge is 0.346 e. The Kier molecular flexibility index (Phi) is 5.05. The van der Waals surface area contributed by atoms with Gasteiger partial charge in [-0.1, -0.05) is 73.3 Å². The van der Waals surface area contributed by atoms with Crippen molar-refractivity contribution in [3.05, 3.63) is 84.6 Å². The van der Waals surface area contributed by atoms with Gasteiger partial charge < -0.3 is 4.90 Å². The lowest BCUT2D eigenvalue weighted by Gasteiger charge is -2.42. The third-order valence-electron chi connectivity index (χ3n) is 3.74. The lowest BCUT2D eigenvalue weighted by molar-refractivity contribution is 0.131. The summed E-state index contributed by atoms with van der Waals surface area (Å²) in [6.45, 7) is 7.66. The molecule has 0 N–H and O–H groups in total. The minimum absolute atomic E-state index is 0.132. The highest BCUT2D eigenvalue weighted by molar-refractivity contribution is 6.20. The quantitative estimate of drug-likeness (QED) is 0.464. The Labute approximate surface area is 132 Å². The Bertz CT molecular complexity index is 574.